The smallest absolute Gasteiger partial charge is 0.489 e. The lowest BCUT2D eigenvalue weighted by molar-refractivity contribution is 0.424. The SMILES string of the molecule is N#Cc1c(O)cccc1B(O)O. The van der Waals surface area contributed by atoms with Crippen LogP contribution in [-0.4, -0.2) is 22.3 Å². The Labute approximate surface area is 69.5 Å². The van der Waals surface area contributed by atoms with Gasteiger partial charge in [0.1, 0.15) is 11.8 Å². The molecule has 1 aromatic rings. The molecular formula is C7H6BNO3. The zero-order chi connectivity index (χ0) is 9.14. The van der Waals surface area contributed by atoms with Gasteiger partial charge in [0.2, 0.25) is 0 Å². The zero-order valence-corrected chi connectivity index (χ0v) is 6.10. The normalized spacial score (nSPS) is 9.08. The first-order chi connectivity index (χ1) is 5.66. The molecule has 1 aromatic carbocycles. The summed E-state index contributed by atoms with van der Waals surface area (Å²) in [6, 6.07) is 5.78. The maximum absolute atomic E-state index is 9.10. The van der Waals surface area contributed by atoms with Crippen molar-refractivity contribution in [3.05, 3.63) is 23.8 Å². The Balaban J connectivity index is 3.30. The van der Waals surface area contributed by atoms with Crippen molar-refractivity contribution in [1.29, 1.82) is 5.26 Å². The molecule has 0 bridgehead atoms. The first kappa shape index (κ1) is 8.59. The number of phenolic OH excluding ortho intramolecular Hbond substituents is 1. The molecule has 0 fully saturated rings. The van der Waals surface area contributed by atoms with Crippen molar-refractivity contribution in [3.63, 3.8) is 0 Å². The monoisotopic (exact) mass is 163 g/mol. The lowest BCUT2D eigenvalue weighted by atomic mass is 9.77. The zero-order valence-electron chi connectivity index (χ0n) is 6.10. The van der Waals surface area contributed by atoms with Gasteiger partial charge in [-0.15, -0.1) is 0 Å². The number of phenols is 1. The maximum atomic E-state index is 9.10. The topological polar surface area (TPSA) is 84.5 Å². The predicted octanol–water partition coefficient (Wildman–Crippen LogP) is -1.06. The molecule has 0 aliphatic rings. The Hall–Kier alpha value is -1.51. The Morgan fingerprint density at radius 2 is 2.00 bits per heavy atom. The van der Waals surface area contributed by atoms with Crippen LogP contribution >= 0.6 is 0 Å². The lowest BCUT2D eigenvalue weighted by Gasteiger charge is -2.02. The highest BCUT2D eigenvalue weighted by Gasteiger charge is 2.17. The second kappa shape index (κ2) is 3.26. The van der Waals surface area contributed by atoms with Crippen molar-refractivity contribution < 1.29 is 15.2 Å². The van der Waals surface area contributed by atoms with Gasteiger partial charge in [0, 0.05) is 5.46 Å². The fraction of sp³-hybridized carbons (Fsp3) is 0. The average Bonchev–Trinajstić information content (AvgIpc) is 2.03. The van der Waals surface area contributed by atoms with Crippen LogP contribution in [0, 0.1) is 11.3 Å². The highest BCUT2D eigenvalue weighted by molar-refractivity contribution is 6.59. The Morgan fingerprint density at radius 1 is 1.33 bits per heavy atom. The molecule has 0 heterocycles. The summed E-state index contributed by atoms with van der Waals surface area (Å²) >= 11 is 0. The molecule has 0 spiro atoms. The molecule has 1 rings (SSSR count). The van der Waals surface area contributed by atoms with Gasteiger partial charge in [-0.1, -0.05) is 12.1 Å². The van der Waals surface area contributed by atoms with E-state index in [9.17, 15) is 0 Å². The van der Waals surface area contributed by atoms with Gasteiger partial charge in [0.15, 0.2) is 0 Å². The molecular weight excluding hydrogens is 157 g/mol. The quantitative estimate of drug-likeness (QED) is 0.461. The Kier molecular flexibility index (Phi) is 2.33. The van der Waals surface area contributed by atoms with E-state index in [0.29, 0.717) is 0 Å². The molecule has 0 atom stereocenters. The summed E-state index contributed by atoms with van der Waals surface area (Å²) in [5.74, 6) is -0.247. The van der Waals surface area contributed by atoms with Crippen LogP contribution in [0.1, 0.15) is 5.56 Å². The van der Waals surface area contributed by atoms with E-state index in [4.69, 9.17) is 20.4 Å². The van der Waals surface area contributed by atoms with Gasteiger partial charge in [-0.25, -0.2) is 0 Å². The second-order valence-electron chi connectivity index (χ2n) is 2.23. The van der Waals surface area contributed by atoms with Gasteiger partial charge in [0.25, 0.3) is 0 Å². The highest BCUT2D eigenvalue weighted by Crippen LogP contribution is 2.12. The van der Waals surface area contributed by atoms with Gasteiger partial charge in [-0.05, 0) is 6.07 Å². The number of hydrogen-bond donors (Lipinski definition) is 3. The molecule has 60 valence electrons. The standard InChI is InChI=1S/C7H6BNO3/c9-4-5-6(8(11)12)2-1-3-7(5)10/h1-3,10-12H. The van der Waals surface area contributed by atoms with E-state index in [1.165, 1.54) is 18.2 Å². The number of nitriles is 1. The minimum Gasteiger partial charge on any atom is -0.507 e. The molecule has 0 amide bonds. The van der Waals surface area contributed by atoms with Gasteiger partial charge in [-0.2, -0.15) is 5.26 Å². The first-order valence-electron chi connectivity index (χ1n) is 3.25. The third-order valence-electron chi connectivity index (χ3n) is 1.46. The van der Waals surface area contributed by atoms with E-state index in [0.717, 1.165) is 0 Å². The second-order valence-corrected chi connectivity index (χ2v) is 2.23. The molecule has 0 radical (unpaired) electrons. The molecule has 0 aromatic heterocycles. The van der Waals surface area contributed by atoms with Crippen molar-refractivity contribution in [2.24, 2.45) is 0 Å². The van der Waals surface area contributed by atoms with Gasteiger partial charge in [0.05, 0.1) is 5.56 Å². The van der Waals surface area contributed by atoms with Crippen molar-refractivity contribution in [2.45, 2.75) is 0 Å². The van der Waals surface area contributed by atoms with Crippen LogP contribution in [-0.2, 0) is 0 Å². The highest BCUT2D eigenvalue weighted by atomic mass is 16.4. The Bertz CT molecular complexity index is 332. The molecule has 4 nitrogen and oxygen atoms in total. The van der Waals surface area contributed by atoms with Crippen LogP contribution in [0.25, 0.3) is 0 Å². The van der Waals surface area contributed by atoms with Gasteiger partial charge in [-0.3, -0.25) is 0 Å². The van der Waals surface area contributed by atoms with Crippen LogP contribution in [0.4, 0.5) is 0 Å². The van der Waals surface area contributed by atoms with E-state index in [2.05, 4.69) is 0 Å². The van der Waals surface area contributed by atoms with Crippen molar-refractivity contribution in [2.75, 3.05) is 0 Å². The van der Waals surface area contributed by atoms with Gasteiger partial charge < -0.3 is 15.2 Å². The Morgan fingerprint density at radius 3 is 2.42 bits per heavy atom. The molecule has 0 saturated carbocycles. The minimum atomic E-state index is -1.73. The fourth-order valence-electron chi connectivity index (χ4n) is 0.894. The third-order valence-corrected chi connectivity index (χ3v) is 1.46. The van der Waals surface area contributed by atoms with Gasteiger partial charge >= 0.3 is 7.12 Å². The summed E-state index contributed by atoms with van der Waals surface area (Å²) in [4.78, 5) is 0. The van der Waals surface area contributed by atoms with Crippen molar-refractivity contribution in [1.82, 2.24) is 0 Å². The number of nitrogens with zero attached hydrogens (tertiary/aromatic N) is 1. The molecule has 0 saturated heterocycles. The van der Waals surface area contributed by atoms with Crippen LogP contribution in [0.2, 0.25) is 0 Å². The summed E-state index contributed by atoms with van der Waals surface area (Å²) in [7, 11) is -1.73. The van der Waals surface area contributed by atoms with E-state index in [1.54, 1.807) is 6.07 Å². The number of hydrogen-bond acceptors (Lipinski definition) is 4. The van der Waals surface area contributed by atoms with Crippen LogP contribution < -0.4 is 5.46 Å². The summed E-state index contributed by atoms with van der Waals surface area (Å²) in [5, 5.41) is 35.1. The number of aromatic hydroxyl groups is 1. The average molecular weight is 163 g/mol. The van der Waals surface area contributed by atoms with Crippen LogP contribution in [0.3, 0.4) is 0 Å². The molecule has 3 N–H and O–H groups in total. The summed E-state index contributed by atoms with van der Waals surface area (Å²) in [6.45, 7) is 0. The minimum absolute atomic E-state index is 0.0116. The van der Waals surface area contributed by atoms with Crippen molar-refractivity contribution in [3.8, 4) is 11.8 Å². The summed E-state index contributed by atoms with van der Waals surface area (Å²) < 4.78 is 0. The van der Waals surface area contributed by atoms with Crippen LogP contribution in [0.15, 0.2) is 18.2 Å². The van der Waals surface area contributed by atoms with Crippen LogP contribution in [0.5, 0.6) is 5.75 Å². The third kappa shape index (κ3) is 1.40. The fourth-order valence-corrected chi connectivity index (χ4v) is 0.894. The number of benzene rings is 1. The van der Waals surface area contributed by atoms with E-state index in [-0.39, 0.29) is 16.8 Å². The van der Waals surface area contributed by atoms with E-state index < -0.39 is 7.12 Å². The molecule has 12 heavy (non-hydrogen) atoms. The van der Waals surface area contributed by atoms with E-state index in [1.807, 2.05) is 0 Å². The molecule has 0 aliphatic carbocycles. The summed E-state index contributed by atoms with van der Waals surface area (Å²) in [6.07, 6.45) is 0. The largest absolute Gasteiger partial charge is 0.507 e. The lowest BCUT2D eigenvalue weighted by Crippen LogP contribution is -2.32. The molecule has 0 aliphatic heterocycles. The first-order valence-corrected chi connectivity index (χ1v) is 3.25. The predicted molar refractivity (Wildman–Crippen MR) is 42.6 cm³/mol. The number of rotatable bonds is 1. The maximum Gasteiger partial charge on any atom is 0.489 e. The summed E-state index contributed by atoms with van der Waals surface area (Å²) in [5.41, 5.74) is -0.0926. The molecule has 0 unspecified atom stereocenters. The van der Waals surface area contributed by atoms with Crippen molar-refractivity contribution >= 4 is 12.6 Å². The molecule has 5 heteroatoms. The van der Waals surface area contributed by atoms with E-state index >= 15 is 0 Å².